The summed E-state index contributed by atoms with van der Waals surface area (Å²) in [5.74, 6) is 2.49. The van der Waals surface area contributed by atoms with Crippen molar-refractivity contribution in [3.05, 3.63) is 203 Å². The molecule has 8 nitrogen and oxygen atoms in total. The summed E-state index contributed by atoms with van der Waals surface area (Å²) in [5.41, 5.74) is 22.6. The van der Waals surface area contributed by atoms with Gasteiger partial charge in [-0.3, -0.25) is 9.98 Å². The van der Waals surface area contributed by atoms with Crippen molar-refractivity contribution in [2.24, 2.45) is 21.5 Å². The lowest BCUT2D eigenvalue weighted by molar-refractivity contribution is 0.870. The molecule has 6 aromatic carbocycles. The number of fused-ring (bicyclic) bond motifs is 2. The number of nitrogens with one attached hydrogen (secondary N) is 2. The van der Waals surface area contributed by atoms with Crippen LogP contribution in [-0.4, -0.2) is 31.6 Å². The van der Waals surface area contributed by atoms with E-state index in [4.69, 9.17) is 31.4 Å². The number of imidazole rings is 2. The van der Waals surface area contributed by atoms with Crippen molar-refractivity contribution in [3.8, 4) is 0 Å². The minimum atomic E-state index is -0.220. The van der Waals surface area contributed by atoms with Gasteiger partial charge in [0, 0.05) is 11.1 Å². The fourth-order valence-electron chi connectivity index (χ4n) is 6.41. The minimum absolute atomic E-state index is 0.220. The van der Waals surface area contributed by atoms with Gasteiger partial charge in [-0.25, -0.2) is 9.97 Å². The van der Waals surface area contributed by atoms with Crippen LogP contribution in [0.15, 0.2) is 168 Å². The zero-order valence-corrected chi connectivity index (χ0v) is 27.8. The lowest BCUT2D eigenvalue weighted by Gasteiger charge is -2.15. The molecule has 0 spiro atoms. The van der Waals surface area contributed by atoms with Gasteiger partial charge in [-0.1, -0.05) is 121 Å². The van der Waals surface area contributed by atoms with Gasteiger partial charge in [-0.2, -0.15) is 0 Å². The van der Waals surface area contributed by atoms with E-state index >= 15 is 0 Å². The van der Waals surface area contributed by atoms with Crippen LogP contribution in [0.3, 0.4) is 0 Å². The Kier molecular flexibility index (Phi) is 8.62. The van der Waals surface area contributed by atoms with E-state index < -0.39 is 0 Å². The number of aromatic nitrogens is 4. The van der Waals surface area contributed by atoms with Crippen molar-refractivity contribution in [1.82, 2.24) is 19.9 Å². The molecule has 0 fully saturated rings. The van der Waals surface area contributed by atoms with Crippen LogP contribution in [0, 0.1) is 0 Å². The van der Waals surface area contributed by atoms with Gasteiger partial charge in [-0.15, -0.1) is 0 Å². The molecule has 0 bridgehead atoms. The molecule has 0 amide bonds. The van der Waals surface area contributed by atoms with Crippen LogP contribution in [-0.2, 0) is 6.42 Å². The molecule has 2 heterocycles. The average molecular weight is 665 g/mol. The first-order chi connectivity index (χ1) is 25.1. The molecular weight excluding hydrogens is 629 g/mol. The Hall–Kier alpha value is -6.80. The third kappa shape index (κ3) is 6.89. The molecular formula is C43H36N8. The van der Waals surface area contributed by atoms with Gasteiger partial charge in [0.2, 0.25) is 0 Å². The normalized spacial score (nSPS) is 12.4. The molecule has 2 aromatic heterocycles. The Morgan fingerprint density at radius 1 is 0.471 bits per heavy atom. The topological polar surface area (TPSA) is 134 Å². The number of nitrogens with two attached hydrogens (primary N) is 2. The maximum absolute atomic E-state index is 6.63. The lowest BCUT2D eigenvalue weighted by Crippen LogP contribution is -2.15. The highest BCUT2D eigenvalue weighted by Gasteiger charge is 2.17. The monoisotopic (exact) mass is 664 g/mol. The number of rotatable bonds is 10. The third-order valence-electron chi connectivity index (χ3n) is 8.99. The first-order valence-corrected chi connectivity index (χ1v) is 16.9. The van der Waals surface area contributed by atoms with Crippen LogP contribution in [0.1, 0.15) is 57.1 Å². The SMILES string of the molecule is NC(=NC(c1ccccc1)c1ccccc1)c1ccc2[nH]c(Cc3nc4cc(C(N)=NC(c5ccccc5)c5ccccc5)ccc4[nH]3)nc2c1. The zero-order valence-electron chi connectivity index (χ0n) is 27.8. The maximum atomic E-state index is 6.63. The Balaban J connectivity index is 1.03. The van der Waals surface area contributed by atoms with Crippen LogP contribution < -0.4 is 11.5 Å². The smallest absolute Gasteiger partial charge is 0.126 e. The molecule has 0 saturated heterocycles. The Labute approximate surface area is 295 Å². The molecule has 8 aromatic rings. The van der Waals surface area contributed by atoms with Gasteiger partial charge < -0.3 is 21.4 Å². The molecule has 0 aliphatic heterocycles. The van der Waals surface area contributed by atoms with E-state index in [9.17, 15) is 0 Å². The molecule has 0 aliphatic carbocycles. The van der Waals surface area contributed by atoms with Crippen molar-refractivity contribution in [1.29, 1.82) is 0 Å². The molecule has 0 atom stereocenters. The second-order valence-electron chi connectivity index (χ2n) is 12.5. The molecule has 0 aliphatic rings. The highest BCUT2D eigenvalue weighted by atomic mass is 15.0. The molecule has 0 saturated carbocycles. The summed E-state index contributed by atoms with van der Waals surface area (Å²) < 4.78 is 0. The second kappa shape index (κ2) is 14.0. The Bertz CT molecular complexity index is 2210. The Morgan fingerprint density at radius 3 is 1.14 bits per heavy atom. The quantitative estimate of drug-likeness (QED) is 0.0870. The van der Waals surface area contributed by atoms with E-state index in [0.29, 0.717) is 18.1 Å². The molecule has 8 rings (SSSR count). The number of benzene rings is 6. The number of H-pyrrole nitrogens is 2. The third-order valence-corrected chi connectivity index (χ3v) is 8.99. The second-order valence-corrected chi connectivity index (χ2v) is 12.5. The highest BCUT2D eigenvalue weighted by Crippen LogP contribution is 2.28. The van der Waals surface area contributed by atoms with Crippen LogP contribution >= 0.6 is 0 Å². The van der Waals surface area contributed by atoms with Crippen molar-refractivity contribution >= 4 is 33.7 Å². The fraction of sp³-hybridized carbons (Fsp3) is 0.0698. The van der Waals surface area contributed by atoms with Gasteiger partial charge in [-0.05, 0) is 58.7 Å². The number of nitrogens with zero attached hydrogens (tertiary/aromatic N) is 4. The lowest BCUT2D eigenvalue weighted by atomic mass is 9.99. The van der Waals surface area contributed by atoms with Crippen molar-refractivity contribution < 1.29 is 0 Å². The van der Waals surface area contributed by atoms with E-state index in [2.05, 4.69) is 58.5 Å². The van der Waals surface area contributed by atoms with E-state index in [0.717, 1.165) is 67.1 Å². The van der Waals surface area contributed by atoms with Crippen LogP contribution in [0.2, 0.25) is 0 Å². The summed E-state index contributed by atoms with van der Waals surface area (Å²) in [7, 11) is 0. The number of hydrogen-bond acceptors (Lipinski definition) is 4. The van der Waals surface area contributed by atoms with E-state index in [1.54, 1.807) is 0 Å². The first kappa shape index (κ1) is 31.5. The summed E-state index contributed by atoms with van der Waals surface area (Å²) in [6.07, 6.45) is 0.495. The average Bonchev–Trinajstić information content (AvgIpc) is 3.79. The summed E-state index contributed by atoms with van der Waals surface area (Å²) in [6, 6.07) is 52.3. The van der Waals surface area contributed by atoms with Crippen LogP contribution in [0.25, 0.3) is 22.1 Å². The molecule has 0 unspecified atom stereocenters. The van der Waals surface area contributed by atoms with Gasteiger partial charge in [0.1, 0.15) is 35.4 Å². The van der Waals surface area contributed by atoms with E-state index in [-0.39, 0.29) is 12.1 Å². The fourth-order valence-corrected chi connectivity index (χ4v) is 6.41. The van der Waals surface area contributed by atoms with Gasteiger partial charge in [0.05, 0.1) is 28.5 Å². The van der Waals surface area contributed by atoms with Gasteiger partial charge in [0.25, 0.3) is 0 Å². The largest absolute Gasteiger partial charge is 0.383 e. The van der Waals surface area contributed by atoms with Gasteiger partial charge in [0.15, 0.2) is 0 Å². The predicted octanol–water partition coefficient (Wildman–Crippen LogP) is 8.02. The summed E-state index contributed by atoms with van der Waals surface area (Å²) in [4.78, 5) is 26.6. The number of hydrogen-bond donors (Lipinski definition) is 4. The van der Waals surface area contributed by atoms with Crippen LogP contribution in [0.4, 0.5) is 0 Å². The predicted molar refractivity (Wildman–Crippen MR) is 206 cm³/mol. The summed E-state index contributed by atoms with van der Waals surface area (Å²) in [5, 5.41) is 0. The first-order valence-electron chi connectivity index (χ1n) is 16.9. The van der Waals surface area contributed by atoms with E-state index in [1.807, 2.05) is 109 Å². The number of amidine groups is 2. The zero-order chi connectivity index (χ0) is 34.6. The minimum Gasteiger partial charge on any atom is -0.383 e. The molecule has 248 valence electrons. The summed E-state index contributed by atoms with van der Waals surface area (Å²) >= 11 is 0. The number of aromatic amines is 2. The van der Waals surface area contributed by atoms with Crippen molar-refractivity contribution in [2.75, 3.05) is 0 Å². The van der Waals surface area contributed by atoms with E-state index in [1.165, 1.54) is 0 Å². The van der Waals surface area contributed by atoms with Crippen LogP contribution in [0.5, 0.6) is 0 Å². The molecule has 8 heteroatoms. The molecule has 51 heavy (non-hydrogen) atoms. The molecule has 6 N–H and O–H groups in total. The highest BCUT2D eigenvalue weighted by molar-refractivity contribution is 6.01. The van der Waals surface area contributed by atoms with Gasteiger partial charge >= 0.3 is 0 Å². The summed E-state index contributed by atoms with van der Waals surface area (Å²) in [6.45, 7) is 0. The molecule has 0 radical (unpaired) electrons. The van der Waals surface area contributed by atoms with Crippen molar-refractivity contribution in [2.45, 2.75) is 18.5 Å². The maximum Gasteiger partial charge on any atom is 0.126 e. The Morgan fingerprint density at radius 2 is 0.804 bits per heavy atom. The van der Waals surface area contributed by atoms with Crippen molar-refractivity contribution in [3.63, 3.8) is 0 Å². The number of aliphatic imine (C=N–C) groups is 2. The standard InChI is InChI=1S/C43H36N8/c44-42(50-40(28-13-5-1-6-14-28)29-15-7-2-8-16-29)32-21-23-34-36(25-32)48-38(46-34)27-39-47-35-24-22-33(26-37(35)49-39)43(45)51-41(30-17-9-3-10-18-30)31-19-11-4-12-20-31/h1-26,40-41H,27H2,(H2,44,50)(H2,45,51)(H,46,48)(H,47,49).